The first-order valence-corrected chi connectivity index (χ1v) is 7.17. The smallest absolute Gasteiger partial charge is 0.254 e. The van der Waals surface area contributed by atoms with E-state index < -0.39 is 5.82 Å². The zero-order chi connectivity index (χ0) is 15.4. The molecule has 2 aromatic carbocycles. The van der Waals surface area contributed by atoms with Gasteiger partial charge in [0.2, 0.25) is 0 Å². The lowest BCUT2D eigenvalue weighted by atomic mass is 10.0. The number of carbonyl (C=O) groups excluding carboxylic acids is 1. The third-order valence-corrected chi connectivity index (χ3v) is 3.67. The normalized spacial score (nSPS) is 12.0. The van der Waals surface area contributed by atoms with Crippen LogP contribution < -0.4 is 5.32 Å². The highest BCUT2D eigenvalue weighted by atomic mass is 19.1. The van der Waals surface area contributed by atoms with Crippen molar-refractivity contribution in [3.8, 4) is 0 Å². The molecular weight excluding hydrogens is 265 g/mol. The number of nitrogens with one attached hydrogen (secondary N) is 1. The van der Waals surface area contributed by atoms with Gasteiger partial charge >= 0.3 is 0 Å². The van der Waals surface area contributed by atoms with Crippen LogP contribution in [0.2, 0.25) is 0 Å². The number of carbonyl (C=O) groups is 1. The van der Waals surface area contributed by atoms with Crippen LogP contribution in [0.4, 0.5) is 4.39 Å². The molecule has 0 aliphatic heterocycles. The Labute approximate surface area is 125 Å². The van der Waals surface area contributed by atoms with Crippen LogP contribution in [0, 0.1) is 12.7 Å². The fourth-order valence-electron chi connectivity index (χ4n) is 2.22. The Morgan fingerprint density at radius 1 is 1.19 bits per heavy atom. The van der Waals surface area contributed by atoms with Crippen molar-refractivity contribution in [3.05, 3.63) is 70.5 Å². The minimum Gasteiger partial charge on any atom is -0.345 e. The van der Waals surface area contributed by atoms with Gasteiger partial charge < -0.3 is 5.32 Å². The minimum absolute atomic E-state index is 0.0898. The molecule has 21 heavy (non-hydrogen) atoms. The van der Waals surface area contributed by atoms with Gasteiger partial charge in [-0.3, -0.25) is 4.79 Å². The van der Waals surface area contributed by atoms with E-state index in [0.29, 0.717) is 5.56 Å². The predicted octanol–water partition coefficient (Wildman–Crippen LogP) is 4.19. The fraction of sp³-hybridized carbons (Fsp3) is 0.278. The Morgan fingerprint density at radius 2 is 1.86 bits per heavy atom. The highest BCUT2D eigenvalue weighted by Crippen LogP contribution is 2.16. The third-order valence-electron chi connectivity index (χ3n) is 3.67. The Kier molecular flexibility index (Phi) is 4.73. The Balaban J connectivity index is 2.12. The van der Waals surface area contributed by atoms with Crippen LogP contribution >= 0.6 is 0 Å². The number of benzene rings is 2. The molecule has 0 aliphatic rings. The number of hydrogen-bond acceptors (Lipinski definition) is 1. The number of rotatable bonds is 4. The van der Waals surface area contributed by atoms with Gasteiger partial charge in [-0.1, -0.05) is 43.3 Å². The summed E-state index contributed by atoms with van der Waals surface area (Å²) >= 11 is 0. The molecule has 1 unspecified atom stereocenters. The van der Waals surface area contributed by atoms with Crippen molar-refractivity contribution in [1.82, 2.24) is 5.32 Å². The van der Waals surface area contributed by atoms with Crippen molar-refractivity contribution in [2.75, 3.05) is 0 Å². The van der Waals surface area contributed by atoms with E-state index in [0.717, 1.165) is 12.0 Å². The van der Waals surface area contributed by atoms with Crippen LogP contribution in [0.15, 0.2) is 42.5 Å². The summed E-state index contributed by atoms with van der Waals surface area (Å²) in [6, 6.07) is 12.8. The van der Waals surface area contributed by atoms with Crippen LogP contribution in [-0.2, 0) is 6.42 Å². The molecule has 1 atom stereocenters. The van der Waals surface area contributed by atoms with Crippen LogP contribution in [0.1, 0.15) is 46.9 Å². The molecule has 1 amide bonds. The van der Waals surface area contributed by atoms with E-state index in [9.17, 15) is 9.18 Å². The summed E-state index contributed by atoms with van der Waals surface area (Å²) in [4.78, 5) is 12.2. The van der Waals surface area contributed by atoms with E-state index in [1.807, 2.05) is 31.2 Å². The first-order chi connectivity index (χ1) is 10.0. The monoisotopic (exact) mass is 285 g/mol. The molecular formula is C18H20FNO. The molecule has 2 aromatic rings. The first-order valence-electron chi connectivity index (χ1n) is 7.17. The zero-order valence-electron chi connectivity index (χ0n) is 12.6. The van der Waals surface area contributed by atoms with E-state index in [-0.39, 0.29) is 17.5 Å². The van der Waals surface area contributed by atoms with E-state index in [4.69, 9.17) is 0 Å². The molecule has 2 rings (SSSR count). The summed E-state index contributed by atoms with van der Waals surface area (Å²) in [7, 11) is 0. The molecule has 0 spiro atoms. The largest absolute Gasteiger partial charge is 0.345 e. The maximum absolute atomic E-state index is 13.9. The molecule has 0 fully saturated rings. The Morgan fingerprint density at radius 3 is 2.48 bits per heavy atom. The van der Waals surface area contributed by atoms with Crippen LogP contribution in [0.25, 0.3) is 0 Å². The lowest BCUT2D eigenvalue weighted by Crippen LogP contribution is -2.27. The molecule has 0 saturated heterocycles. The second-order valence-corrected chi connectivity index (χ2v) is 5.23. The second kappa shape index (κ2) is 6.53. The molecule has 0 radical (unpaired) electrons. The van der Waals surface area contributed by atoms with Gasteiger partial charge in [-0.2, -0.15) is 0 Å². The van der Waals surface area contributed by atoms with Gasteiger partial charge in [-0.25, -0.2) is 4.39 Å². The van der Waals surface area contributed by atoms with Gasteiger partial charge in [-0.05, 0) is 43.0 Å². The minimum atomic E-state index is -0.455. The number of hydrogen-bond donors (Lipinski definition) is 1. The Bertz CT molecular complexity index is 634. The molecule has 0 heterocycles. The van der Waals surface area contributed by atoms with Gasteiger partial charge in [0.1, 0.15) is 5.82 Å². The maximum Gasteiger partial charge on any atom is 0.254 e. The van der Waals surface area contributed by atoms with E-state index in [1.165, 1.54) is 11.6 Å². The molecule has 0 bridgehead atoms. The van der Waals surface area contributed by atoms with Gasteiger partial charge in [0.25, 0.3) is 5.91 Å². The van der Waals surface area contributed by atoms with Gasteiger partial charge in [-0.15, -0.1) is 0 Å². The molecule has 2 nitrogen and oxygen atoms in total. The highest BCUT2D eigenvalue weighted by molar-refractivity contribution is 5.94. The fourth-order valence-corrected chi connectivity index (χ4v) is 2.22. The van der Waals surface area contributed by atoms with Crippen molar-refractivity contribution in [2.45, 2.75) is 33.2 Å². The SMILES string of the molecule is CCc1ccc(C(C)NC(=O)c2cccc(C)c2F)cc1. The third kappa shape index (κ3) is 3.48. The highest BCUT2D eigenvalue weighted by Gasteiger charge is 2.16. The Hall–Kier alpha value is -2.16. The van der Waals surface area contributed by atoms with E-state index in [2.05, 4.69) is 12.2 Å². The molecule has 3 heteroatoms. The topological polar surface area (TPSA) is 29.1 Å². The van der Waals surface area contributed by atoms with Crippen molar-refractivity contribution >= 4 is 5.91 Å². The first kappa shape index (κ1) is 15.2. The molecule has 1 N–H and O–H groups in total. The van der Waals surface area contributed by atoms with Crippen molar-refractivity contribution in [2.24, 2.45) is 0 Å². The van der Waals surface area contributed by atoms with Crippen molar-refractivity contribution in [3.63, 3.8) is 0 Å². The summed E-state index contributed by atoms with van der Waals surface area (Å²) in [6.45, 7) is 5.65. The second-order valence-electron chi connectivity index (χ2n) is 5.23. The zero-order valence-corrected chi connectivity index (χ0v) is 12.6. The number of halogens is 1. The number of aryl methyl sites for hydroxylation is 2. The summed E-state index contributed by atoms with van der Waals surface area (Å²) in [5, 5.41) is 2.84. The van der Waals surface area contributed by atoms with Gasteiger partial charge in [0, 0.05) is 0 Å². The number of amides is 1. The van der Waals surface area contributed by atoms with Crippen molar-refractivity contribution in [1.29, 1.82) is 0 Å². The molecule has 110 valence electrons. The summed E-state index contributed by atoms with van der Waals surface area (Å²) < 4.78 is 13.9. The average Bonchev–Trinajstić information content (AvgIpc) is 2.50. The summed E-state index contributed by atoms with van der Waals surface area (Å²) in [6.07, 6.45) is 0.982. The lowest BCUT2D eigenvalue weighted by molar-refractivity contribution is 0.0935. The maximum atomic E-state index is 13.9. The predicted molar refractivity (Wildman–Crippen MR) is 82.8 cm³/mol. The summed E-state index contributed by atoms with van der Waals surface area (Å²) in [5.74, 6) is -0.841. The van der Waals surface area contributed by atoms with Crippen LogP contribution in [0.3, 0.4) is 0 Å². The van der Waals surface area contributed by atoms with Crippen LogP contribution in [0.5, 0.6) is 0 Å². The standard InChI is InChI=1S/C18H20FNO/c1-4-14-8-10-15(11-9-14)13(3)20-18(21)16-7-5-6-12(2)17(16)19/h5-11,13H,4H2,1-3H3,(H,20,21). The quantitative estimate of drug-likeness (QED) is 0.896. The van der Waals surface area contributed by atoms with Gasteiger partial charge in [0.05, 0.1) is 11.6 Å². The summed E-state index contributed by atoms with van der Waals surface area (Å²) in [5.41, 5.74) is 2.82. The molecule has 0 aromatic heterocycles. The average molecular weight is 285 g/mol. The van der Waals surface area contributed by atoms with Crippen LogP contribution in [-0.4, -0.2) is 5.91 Å². The van der Waals surface area contributed by atoms with E-state index >= 15 is 0 Å². The van der Waals surface area contributed by atoms with Crippen molar-refractivity contribution < 1.29 is 9.18 Å². The van der Waals surface area contributed by atoms with E-state index in [1.54, 1.807) is 19.1 Å². The molecule has 0 saturated carbocycles. The van der Waals surface area contributed by atoms with Gasteiger partial charge in [0.15, 0.2) is 0 Å². The lowest BCUT2D eigenvalue weighted by Gasteiger charge is -2.15. The molecule has 0 aliphatic carbocycles.